The van der Waals surface area contributed by atoms with Gasteiger partial charge in [0, 0.05) is 6.04 Å². The second kappa shape index (κ2) is 4.27. The number of likely N-dealkylation sites (N-methyl/N-ethyl adjacent to an activating group) is 1. The van der Waals surface area contributed by atoms with Crippen molar-refractivity contribution in [2.24, 2.45) is 11.8 Å². The number of carbonyl (C=O) groups is 3. The molecule has 2 fully saturated rings. The topological polar surface area (TPSA) is 57.7 Å². The van der Waals surface area contributed by atoms with E-state index in [4.69, 9.17) is 11.6 Å². The third kappa shape index (κ3) is 1.40. The van der Waals surface area contributed by atoms with Crippen LogP contribution in [0, 0.1) is 11.8 Å². The van der Waals surface area contributed by atoms with E-state index in [1.807, 2.05) is 6.07 Å². The molecule has 2 saturated heterocycles. The number of nitrogens with zero attached hydrogens (tertiary/aromatic N) is 2. The quantitative estimate of drug-likeness (QED) is 0.443. The van der Waals surface area contributed by atoms with E-state index in [1.165, 1.54) is 11.0 Å². The van der Waals surface area contributed by atoms with E-state index < -0.39 is 22.7 Å². The van der Waals surface area contributed by atoms with Gasteiger partial charge >= 0.3 is 0 Å². The molecule has 0 aromatic heterocycles. The van der Waals surface area contributed by atoms with Crippen molar-refractivity contribution in [1.29, 1.82) is 0 Å². The van der Waals surface area contributed by atoms with Crippen molar-refractivity contribution in [3.05, 3.63) is 42.5 Å². The Hall–Kier alpha value is -1.98. The van der Waals surface area contributed by atoms with E-state index in [1.54, 1.807) is 42.3 Å². The molecule has 0 radical (unpaired) electrons. The van der Waals surface area contributed by atoms with E-state index >= 15 is 0 Å². The van der Waals surface area contributed by atoms with Gasteiger partial charge in [0.05, 0.1) is 17.5 Å². The molecular weight excluding hydrogens is 304 g/mol. The number of anilines is 1. The van der Waals surface area contributed by atoms with Crippen LogP contribution in [0.25, 0.3) is 0 Å². The number of para-hydroxylation sites is 1. The Morgan fingerprint density at radius 2 is 1.77 bits per heavy atom. The van der Waals surface area contributed by atoms with Gasteiger partial charge in [-0.15, -0.1) is 0 Å². The summed E-state index contributed by atoms with van der Waals surface area (Å²) in [6, 6.07) is 8.42. The van der Waals surface area contributed by atoms with Gasteiger partial charge in [-0.1, -0.05) is 35.9 Å². The van der Waals surface area contributed by atoms with E-state index in [-0.39, 0.29) is 17.7 Å². The van der Waals surface area contributed by atoms with E-state index in [0.717, 1.165) is 0 Å². The third-order valence-electron chi connectivity index (χ3n) is 4.90. The van der Waals surface area contributed by atoms with Gasteiger partial charge in [0.25, 0.3) is 0 Å². The first-order valence-electron chi connectivity index (χ1n) is 7.05. The van der Waals surface area contributed by atoms with Crippen LogP contribution in [0.15, 0.2) is 42.5 Å². The summed E-state index contributed by atoms with van der Waals surface area (Å²) in [4.78, 5) is 39.3. The molecule has 0 aliphatic carbocycles. The van der Waals surface area contributed by atoms with E-state index in [0.29, 0.717) is 5.69 Å². The Morgan fingerprint density at radius 3 is 2.45 bits per heavy atom. The summed E-state index contributed by atoms with van der Waals surface area (Å²) in [5, 5.41) is 0. The minimum atomic E-state index is -1.46. The monoisotopic (exact) mass is 316 g/mol. The van der Waals surface area contributed by atoms with Gasteiger partial charge in [0.1, 0.15) is 0 Å². The van der Waals surface area contributed by atoms with Crippen molar-refractivity contribution >= 4 is 34.9 Å². The van der Waals surface area contributed by atoms with Crippen LogP contribution in [0.2, 0.25) is 0 Å². The van der Waals surface area contributed by atoms with Crippen molar-refractivity contribution < 1.29 is 14.4 Å². The van der Waals surface area contributed by atoms with Crippen molar-refractivity contribution in [3.63, 3.8) is 0 Å². The molecule has 1 aromatic carbocycles. The predicted molar refractivity (Wildman–Crippen MR) is 80.2 cm³/mol. The predicted octanol–water partition coefficient (Wildman–Crippen LogP) is 1.18. The van der Waals surface area contributed by atoms with Crippen LogP contribution in [-0.4, -0.2) is 40.6 Å². The highest BCUT2D eigenvalue weighted by Gasteiger charge is 2.70. The summed E-state index contributed by atoms with van der Waals surface area (Å²) in [6.45, 7) is 0. The summed E-state index contributed by atoms with van der Waals surface area (Å²) >= 11 is 6.54. The molecule has 4 atom stereocenters. The molecule has 3 heterocycles. The van der Waals surface area contributed by atoms with Crippen LogP contribution in [-0.2, 0) is 14.4 Å². The number of hydrogen-bond donors (Lipinski definition) is 0. The van der Waals surface area contributed by atoms with Crippen LogP contribution >= 0.6 is 11.6 Å². The van der Waals surface area contributed by atoms with Crippen LogP contribution < -0.4 is 4.90 Å². The maximum Gasteiger partial charge on any atom is 0.241 e. The maximum atomic E-state index is 12.9. The van der Waals surface area contributed by atoms with Gasteiger partial charge in [0.15, 0.2) is 10.8 Å². The lowest BCUT2D eigenvalue weighted by atomic mass is 9.89. The second-order valence-electron chi connectivity index (χ2n) is 5.85. The average Bonchev–Trinajstić information content (AvgIpc) is 2.85. The molecular formula is C16H13ClN2O3. The standard InChI is InChI=1S/C16H13ClN2O3/c1-18-10-7-8-11(20)16(18,17)13-12(10)14(21)19(15(13)22)9-5-3-2-4-6-9/h2-8,10,12-13H,1H3/t10-,12-,13-,16-/m1/s1. The minimum Gasteiger partial charge on any atom is -0.291 e. The lowest BCUT2D eigenvalue weighted by molar-refractivity contribution is -0.130. The molecule has 3 aliphatic heterocycles. The normalized spacial score (nSPS) is 37.1. The van der Waals surface area contributed by atoms with Crippen LogP contribution in [0.5, 0.6) is 0 Å². The van der Waals surface area contributed by atoms with Gasteiger partial charge in [-0.3, -0.25) is 19.3 Å². The number of alkyl halides is 1. The fourth-order valence-electron chi connectivity index (χ4n) is 3.83. The van der Waals surface area contributed by atoms with Crippen LogP contribution in [0.4, 0.5) is 5.69 Å². The molecule has 3 aliphatic rings. The first-order chi connectivity index (χ1) is 10.5. The van der Waals surface area contributed by atoms with Crippen molar-refractivity contribution in [1.82, 2.24) is 4.90 Å². The zero-order valence-corrected chi connectivity index (χ0v) is 12.5. The second-order valence-corrected chi connectivity index (χ2v) is 6.43. The van der Waals surface area contributed by atoms with Crippen molar-refractivity contribution in [2.45, 2.75) is 11.0 Å². The zero-order valence-electron chi connectivity index (χ0n) is 11.8. The molecule has 0 spiro atoms. The Morgan fingerprint density at radius 1 is 1.09 bits per heavy atom. The first-order valence-corrected chi connectivity index (χ1v) is 7.43. The van der Waals surface area contributed by atoms with E-state index in [2.05, 4.69) is 0 Å². The fourth-order valence-corrected chi connectivity index (χ4v) is 4.23. The van der Waals surface area contributed by atoms with Crippen LogP contribution in [0.3, 0.4) is 0 Å². The van der Waals surface area contributed by atoms with Gasteiger partial charge in [-0.2, -0.15) is 0 Å². The average molecular weight is 317 g/mol. The Labute approximate surface area is 132 Å². The summed E-state index contributed by atoms with van der Waals surface area (Å²) in [5.74, 6) is -2.49. The number of carbonyl (C=O) groups excluding carboxylic acids is 3. The van der Waals surface area contributed by atoms with Gasteiger partial charge in [0.2, 0.25) is 11.8 Å². The number of imide groups is 1. The molecule has 6 heteroatoms. The number of amides is 2. The lowest BCUT2D eigenvalue weighted by Gasteiger charge is -2.36. The van der Waals surface area contributed by atoms with Crippen molar-refractivity contribution in [2.75, 3.05) is 11.9 Å². The molecule has 2 amide bonds. The number of hydrogen-bond acceptors (Lipinski definition) is 4. The fraction of sp³-hybridized carbons (Fsp3) is 0.312. The summed E-state index contributed by atoms with van der Waals surface area (Å²) in [7, 11) is 1.69. The number of rotatable bonds is 1. The van der Waals surface area contributed by atoms with E-state index in [9.17, 15) is 14.4 Å². The number of ketones is 1. The largest absolute Gasteiger partial charge is 0.291 e. The molecule has 0 saturated carbocycles. The van der Waals surface area contributed by atoms with Crippen LogP contribution in [0.1, 0.15) is 0 Å². The maximum absolute atomic E-state index is 12.9. The highest BCUT2D eigenvalue weighted by Crippen LogP contribution is 2.53. The molecule has 22 heavy (non-hydrogen) atoms. The molecule has 2 bridgehead atoms. The molecule has 4 rings (SSSR count). The van der Waals surface area contributed by atoms with Gasteiger partial charge in [-0.05, 0) is 25.3 Å². The summed E-state index contributed by atoms with van der Waals surface area (Å²) in [5.41, 5.74) is 0.518. The molecule has 0 N–H and O–H groups in total. The molecule has 0 unspecified atom stereocenters. The molecule has 1 aromatic rings. The summed E-state index contributed by atoms with van der Waals surface area (Å²) in [6.07, 6.45) is 3.07. The molecule has 112 valence electrons. The number of halogens is 1. The smallest absolute Gasteiger partial charge is 0.241 e. The van der Waals surface area contributed by atoms with Gasteiger partial charge < -0.3 is 0 Å². The highest BCUT2D eigenvalue weighted by atomic mass is 35.5. The zero-order chi connectivity index (χ0) is 15.6. The Bertz CT molecular complexity index is 732. The lowest BCUT2D eigenvalue weighted by Crippen LogP contribution is -2.54. The third-order valence-corrected chi connectivity index (χ3v) is 5.58. The number of benzene rings is 1. The van der Waals surface area contributed by atoms with Gasteiger partial charge in [-0.25, -0.2) is 4.90 Å². The first kappa shape index (κ1) is 13.7. The Balaban J connectivity index is 1.85. The number of fused-ring (bicyclic) bond motifs is 5. The SMILES string of the molecule is CN1[C@@H]2C=CC(=O)[C@]1(Cl)[C@H]1C(=O)N(c3ccccc3)C(=O)[C@H]21. The Kier molecular flexibility index (Phi) is 2.65. The minimum absolute atomic E-state index is 0.292. The summed E-state index contributed by atoms with van der Waals surface area (Å²) < 4.78 is 0. The highest BCUT2D eigenvalue weighted by molar-refractivity contribution is 6.41. The molecule has 5 nitrogen and oxygen atoms in total. The van der Waals surface area contributed by atoms with Crippen molar-refractivity contribution in [3.8, 4) is 0 Å².